The molecule has 1 radical (unpaired) electrons. The van der Waals surface area contributed by atoms with E-state index in [1.807, 2.05) is 0 Å². The molecule has 10 heavy (non-hydrogen) atoms. The van der Waals surface area contributed by atoms with Crippen molar-refractivity contribution in [1.29, 1.82) is 0 Å². The van der Waals surface area contributed by atoms with Gasteiger partial charge in [0.25, 0.3) is 0 Å². The van der Waals surface area contributed by atoms with Gasteiger partial charge in [0, 0.05) is 19.6 Å². The van der Waals surface area contributed by atoms with Crippen molar-refractivity contribution >= 4 is 0 Å². The van der Waals surface area contributed by atoms with Gasteiger partial charge in [-0.1, -0.05) is 6.92 Å². The van der Waals surface area contributed by atoms with E-state index in [-0.39, 0.29) is 0 Å². The largest absolute Gasteiger partial charge is 0.302 e. The zero-order chi connectivity index (χ0) is 7.23. The molecule has 2 nitrogen and oxygen atoms in total. The summed E-state index contributed by atoms with van der Waals surface area (Å²) in [4.78, 5) is 2.51. The van der Waals surface area contributed by atoms with Crippen LogP contribution in [0.4, 0.5) is 0 Å². The predicted octanol–water partition coefficient (Wildman–Crippen LogP) is 0.707. The molecule has 0 aromatic carbocycles. The molecule has 0 N–H and O–H groups in total. The average Bonchev–Trinajstić information content (AvgIpc) is 2.17. The highest BCUT2D eigenvalue weighted by Crippen LogP contribution is 1.96. The van der Waals surface area contributed by atoms with Gasteiger partial charge in [0.15, 0.2) is 0 Å². The number of hydrogen-bond donors (Lipinski definition) is 0. The maximum atomic E-state index is 4.36. The molecule has 0 amide bonds. The Hall–Kier alpha value is -0.0800. The highest BCUT2D eigenvalue weighted by Gasteiger charge is 2.06. The normalized spacial score (nSPS) is 22.5. The molecular formula is C8H17N2. The second kappa shape index (κ2) is 4.69. The van der Waals surface area contributed by atoms with Crippen LogP contribution in [0, 0.1) is 0 Å². The fourth-order valence-electron chi connectivity index (χ4n) is 1.38. The van der Waals surface area contributed by atoms with Crippen molar-refractivity contribution in [3.63, 3.8) is 0 Å². The first-order valence-corrected chi connectivity index (χ1v) is 4.29. The van der Waals surface area contributed by atoms with Gasteiger partial charge in [-0.05, 0) is 25.9 Å². The lowest BCUT2D eigenvalue weighted by atomic mass is 10.3. The van der Waals surface area contributed by atoms with Crippen LogP contribution >= 0.6 is 0 Å². The van der Waals surface area contributed by atoms with Crippen molar-refractivity contribution in [3.8, 4) is 0 Å². The number of nitrogens with zero attached hydrogens (tertiary/aromatic N) is 2. The maximum Gasteiger partial charge on any atom is 0.0261 e. The molecule has 0 unspecified atom stereocenters. The van der Waals surface area contributed by atoms with E-state index in [4.69, 9.17) is 0 Å². The number of rotatable bonds is 2. The van der Waals surface area contributed by atoms with Crippen LogP contribution in [0.25, 0.3) is 0 Å². The molecule has 1 saturated heterocycles. The SMILES string of the molecule is CCCN1CCC[N]CC1. The molecule has 1 fully saturated rings. The molecule has 0 aromatic rings. The Kier molecular flexibility index (Phi) is 3.76. The first kappa shape index (κ1) is 8.02. The summed E-state index contributed by atoms with van der Waals surface area (Å²) in [5.74, 6) is 0. The van der Waals surface area contributed by atoms with E-state index in [2.05, 4.69) is 17.1 Å². The van der Waals surface area contributed by atoms with Crippen LogP contribution in [0.3, 0.4) is 0 Å². The van der Waals surface area contributed by atoms with Crippen LogP contribution in [0.15, 0.2) is 0 Å². The monoisotopic (exact) mass is 141 g/mol. The molecule has 0 bridgehead atoms. The smallest absolute Gasteiger partial charge is 0.0261 e. The Labute approximate surface area is 63.6 Å². The maximum absolute atomic E-state index is 4.36. The van der Waals surface area contributed by atoms with E-state index in [0.717, 1.165) is 13.1 Å². The molecule has 2 heteroatoms. The van der Waals surface area contributed by atoms with Gasteiger partial charge in [-0.15, -0.1) is 0 Å². The summed E-state index contributed by atoms with van der Waals surface area (Å²) >= 11 is 0. The third-order valence-electron chi connectivity index (χ3n) is 1.90. The summed E-state index contributed by atoms with van der Waals surface area (Å²) in [7, 11) is 0. The second-order valence-electron chi connectivity index (χ2n) is 2.87. The van der Waals surface area contributed by atoms with Gasteiger partial charge in [0.2, 0.25) is 0 Å². The standard InChI is InChI=1S/C8H17N2/c1-2-6-10-7-3-4-9-5-8-10/h2-8H2,1H3. The summed E-state index contributed by atoms with van der Waals surface area (Å²) in [6.07, 6.45) is 2.54. The highest BCUT2D eigenvalue weighted by molar-refractivity contribution is 4.64. The Balaban J connectivity index is 2.15. The summed E-state index contributed by atoms with van der Waals surface area (Å²) in [5.41, 5.74) is 0. The summed E-state index contributed by atoms with van der Waals surface area (Å²) < 4.78 is 0. The summed E-state index contributed by atoms with van der Waals surface area (Å²) in [6.45, 7) is 8.09. The minimum Gasteiger partial charge on any atom is -0.302 e. The minimum atomic E-state index is 1.06. The van der Waals surface area contributed by atoms with E-state index in [1.165, 1.54) is 32.5 Å². The van der Waals surface area contributed by atoms with Crippen molar-refractivity contribution in [2.24, 2.45) is 0 Å². The molecule has 1 heterocycles. The third-order valence-corrected chi connectivity index (χ3v) is 1.90. The zero-order valence-corrected chi connectivity index (χ0v) is 6.84. The van der Waals surface area contributed by atoms with Crippen LogP contribution in [0.5, 0.6) is 0 Å². The van der Waals surface area contributed by atoms with E-state index >= 15 is 0 Å². The summed E-state index contributed by atoms with van der Waals surface area (Å²) in [6, 6.07) is 0. The van der Waals surface area contributed by atoms with Crippen LogP contribution in [0.1, 0.15) is 19.8 Å². The van der Waals surface area contributed by atoms with E-state index in [9.17, 15) is 0 Å². The van der Waals surface area contributed by atoms with Crippen molar-refractivity contribution in [3.05, 3.63) is 0 Å². The Morgan fingerprint density at radius 1 is 1.30 bits per heavy atom. The molecule has 1 rings (SSSR count). The lowest BCUT2D eigenvalue weighted by Crippen LogP contribution is -2.27. The van der Waals surface area contributed by atoms with Gasteiger partial charge in [0.05, 0.1) is 0 Å². The van der Waals surface area contributed by atoms with Crippen LogP contribution < -0.4 is 5.32 Å². The van der Waals surface area contributed by atoms with E-state index in [0.29, 0.717) is 0 Å². The van der Waals surface area contributed by atoms with E-state index in [1.54, 1.807) is 0 Å². The van der Waals surface area contributed by atoms with Crippen molar-refractivity contribution in [2.45, 2.75) is 19.8 Å². The van der Waals surface area contributed by atoms with Crippen LogP contribution in [0.2, 0.25) is 0 Å². The Morgan fingerprint density at radius 3 is 3.00 bits per heavy atom. The minimum absolute atomic E-state index is 1.06. The zero-order valence-electron chi connectivity index (χ0n) is 6.84. The van der Waals surface area contributed by atoms with E-state index < -0.39 is 0 Å². The second-order valence-corrected chi connectivity index (χ2v) is 2.87. The predicted molar refractivity (Wildman–Crippen MR) is 43.2 cm³/mol. The van der Waals surface area contributed by atoms with Gasteiger partial charge in [-0.3, -0.25) is 0 Å². The molecular weight excluding hydrogens is 124 g/mol. The Bertz CT molecular complexity index is 75.3. The molecule has 59 valence electrons. The van der Waals surface area contributed by atoms with Crippen molar-refractivity contribution < 1.29 is 0 Å². The fourth-order valence-corrected chi connectivity index (χ4v) is 1.38. The molecule has 0 aromatic heterocycles. The lowest BCUT2D eigenvalue weighted by Gasteiger charge is -2.17. The third kappa shape index (κ3) is 2.67. The average molecular weight is 141 g/mol. The van der Waals surface area contributed by atoms with Gasteiger partial charge in [-0.2, -0.15) is 0 Å². The summed E-state index contributed by atoms with van der Waals surface area (Å²) in [5, 5.41) is 4.36. The lowest BCUT2D eigenvalue weighted by molar-refractivity contribution is 0.293. The topological polar surface area (TPSA) is 17.3 Å². The molecule has 1 aliphatic rings. The quantitative estimate of drug-likeness (QED) is 0.553. The van der Waals surface area contributed by atoms with Gasteiger partial charge in [-0.25, -0.2) is 5.32 Å². The van der Waals surface area contributed by atoms with Crippen LogP contribution in [-0.4, -0.2) is 37.6 Å². The van der Waals surface area contributed by atoms with Gasteiger partial charge < -0.3 is 4.90 Å². The molecule has 0 aliphatic carbocycles. The first-order valence-electron chi connectivity index (χ1n) is 4.29. The fraction of sp³-hybridized carbons (Fsp3) is 1.00. The van der Waals surface area contributed by atoms with Crippen LogP contribution in [-0.2, 0) is 0 Å². The van der Waals surface area contributed by atoms with Gasteiger partial charge in [0.1, 0.15) is 0 Å². The molecule has 0 atom stereocenters. The molecule has 1 aliphatic heterocycles. The Morgan fingerprint density at radius 2 is 2.20 bits per heavy atom. The van der Waals surface area contributed by atoms with Crippen molar-refractivity contribution in [2.75, 3.05) is 32.7 Å². The first-order chi connectivity index (χ1) is 4.93. The molecule has 0 saturated carbocycles. The highest BCUT2D eigenvalue weighted by atomic mass is 15.1. The number of hydrogen-bond acceptors (Lipinski definition) is 1. The van der Waals surface area contributed by atoms with Crippen molar-refractivity contribution in [1.82, 2.24) is 10.2 Å². The van der Waals surface area contributed by atoms with Gasteiger partial charge >= 0.3 is 0 Å². The molecule has 0 spiro atoms.